The zero-order valence-corrected chi connectivity index (χ0v) is 17.7. The van der Waals surface area contributed by atoms with E-state index in [0.717, 1.165) is 46.4 Å². The maximum atomic E-state index is 12.1. The maximum Gasteiger partial charge on any atom is 0.320 e. The number of ether oxygens (including phenoxy) is 1. The summed E-state index contributed by atoms with van der Waals surface area (Å²) in [7, 11) is 0. The smallest absolute Gasteiger partial charge is 0.320 e. The van der Waals surface area contributed by atoms with Gasteiger partial charge in [-0.25, -0.2) is 0 Å². The van der Waals surface area contributed by atoms with Crippen molar-refractivity contribution in [1.29, 1.82) is 0 Å². The summed E-state index contributed by atoms with van der Waals surface area (Å²) < 4.78 is 6.09. The van der Waals surface area contributed by atoms with E-state index >= 15 is 0 Å². The van der Waals surface area contributed by atoms with Gasteiger partial charge in [-0.05, 0) is 59.0 Å². The van der Waals surface area contributed by atoms with Crippen molar-refractivity contribution >= 4 is 16.7 Å². The quantitative estimate of drug-likeness (QED) is 0.397. The predicted molar refractivity (Wildman–Crippen MR) is 126 cm³/mol. The zero-order valence-electron chi connectivity index (χ0n) is 17.7. The monoisotopic (exact) mass is 423 g/mol. The highest BCUT2D eigenvalue weighted by Crippen LogP contribution is 2.39. The largest absolute Gasteiger partial charge is 0.480 e. The summed E-state index contributed by atoms with van der Waals surface area (Å²) in [5.74, 6) is 0.755. The van der Waals surface area contributed by atoms with Crippen LogP contribution >= 0.6 is 0 Å². The number of carboxylic acids is 1. The number of carboxylic acid groups (broad SMARTS) is 1. The highest BCUT2D eigenvalue weighted by Gasteiger charge is 2.37. The van der Waals surface area contributed by atoms with Crippen molar-refractivity contribution in [2.45, 2.75) is 24.9 Å². The minimum absolute atomic E-state index is 0.177. The second kappa shape index (κ2) is 8.85. The molecule has 1 fully saturated rings. The van der Waals surface area contributed by atoms with Crippen LogP contribution in [-0.2, 0) is 4.79 Å². The van der Waals surface area contributed by atoms with E-state index in [1.165, 1.54) is 0 Å². The van der Waals surface area contributed by atoms with E-state index in [1.807, 2.05) is 60.7 Å². The normalized spacial score (nSPS) is 17.3. The van der Waals surface area contributed by atoms with Gasteiger partial charge in [0, 0.05) is 6.54 Å². The lowest BCUT2D eigenvalue weighted by Gasteiger charge is -2.33. The Labute approximate surface area is 187 Å². The van der Waals surface area contributed by atoms with E-state index in [2.05, 4.69) is 41.3 Å². The lowest BCUT2D eigenvalue weighted by molar-refractivity contribution is -0.142. The van der Waals surface area contributed by atoms with Gasteiger partial charge in [0.1, 0.15) is 17.5 Å². The Morgan fingerprint density at radius 1 is 0.875 bits per heavy atom. The Bertz CT molecular complexity index is 1230. The third kappa shape index (κ3) is 3.97. The molecule has 1 saturated heterocycles. The Morgan fingerprint density at radius 3 is 2.44 bits per heavy atom. The number of aliphatic carboxylic acids is 1. The molecule has 32 heavy (non-hydrogen) atoms. The molecule has 1 aliphatic rings. The number of nitrogens with zero attached hydrogens (tertiary/aromatic N) is 1. The molecule has 5 rings (SSSR count). The first-order valence-corrected chi connectivity index (χ1v) is 11.0. The van der Waals surface area contributed by atoms with Crippen molar-refractivity contribution in [3.63, 3.8) is 0 Å². The second-order valence-corrected chi connectivity index (χ2v) is 8.19. The molecule has 0 aliphatic carbocycles. The van der Waals surface area contributed by atoms with Gasteiger partial charge in [0.15, 0.2) is 0 Å². The lowest BCUT2D eigenvalue weighted by atomic mass is 9.92. The number of para-hydroxylation sites is 1. The van der Waals surface area contributed by atoms with Gasteiger partial charge in [0.2, 0.25) is 0 Å². The summed E-state index contributed by atoms with van der Waals surface area (Å²) in [5.41, 5.74) is 2.15. The van der Waals surface area contributed by atoms with E-state index in [0.29, 0.717) is 6.42 Å². The van der Waals surface area contributed by atoms with E-state index in [1.54, 1.807) is 0 Å². The zero-order chi connectivity index (χ0) is 21.9. The molecule has 2 unspecified atom stereocenters. The van der Waals surface area contributed by atoms with Gasteiger partial charge < -0.3 is 9.84 Å². The molecular formula is C28H25NO3. The highest BCUT2D eigenvalue weighted by atomic mass is 16.5. The molecule has 4 aromatic carbocycles. The fourth-order valence-corrected chi connectivity index (χ4v) is 4.77. The number of hydrogen-bond acceptors (Lipinski definition) is 3. The number of fused-ring (bicyclic) bond motifs is 1. The van der Waals surface area contributed by atoms with Gasteiger partial charge in [-0.2, -0.15) is 0 Å². The molecule has 0 bridgehead atoms. The second-order valence-electron chi connectivity index (χ2n) is 8.19. The third-order valence-corrected chi connectivity index (χ3v) is 6.18. The van der Waals surface area contributed by atoms with Crippen molar-refractivity contribution in [3.05, 3.63) is 108 Å². The molecule has 4 nitrogen and oxygen atoms in total. The SMILES string of the molecule is O=C(O)C1CCCN1C(c1cccc(Oc2ccccc2)c1)c1cccc2ccccc12. The number of hydrogen-bond donors (Lipinski definition) is 1. The van der Waals surface area contributed by atoms with Crippen molar-refractivity contribution in [2.75, 3.05) is 6.54 Å². The van der Waals surface area contributed by atoms with Crippen LogP contribution in [0.1, 0.15) is 30.0 Å². The molecule has 0 amide bonds. The lowest BCUT2D eigenvalue weighted by Crippen LogP contribution is -2.39. The van der Waals surface area contributed by atoms with Crippen molar-refractivity contribution in [3.8, 4) is 11.5 Å². The Morgan fingerprint density at radius 2 is 1.59 bits per heavy atom. The first-order chi connectivity index (χ1) is 15.7. The molecular weight excluding hydrogens is 398 g/mol. The van der Waals surface area contributed by atoms with Crippen LogP contribution in [0.4, 0.5) is 0 Å². The predicted octanol–water partition coefficient (Wildman–Crippen LogP) is 6.27. The molecule has 4 heteroatoms. The molecule has 0 radical (unpaired) electrons. The van der Waals surface area contributed by atoms with Crippen LogP contribution in [0.3, 0.4) is 0 Å². The van der Waals surface area contributed by atoms with Gasteiger partial charge in [0.25, 0.3) is 0 Å². The first kappa shape index (κ1) is 20.3. The minimum Gasteiger partial charge on any atom is -0.480 e. The molecule has 1 heterocycles. The van der Waals surface area contributed by atoms with Crippen LogP contribution in [0.2, 0.25) is 0 Å². The van der Waals surface area contributed by atoms with Gasteiger partial charge in [-0.15, -0.1) is 0 Å². The Balaban J connectivity index is 1.62. The highest BCUT2D eigenvalue weighted by molar-refractivity contribution is 5.86. The molecule has 2 atom stereocenters. The van der Waals surface area contributed by atoms with E-state index in [-0.39, 0.29) is 6.04 Å². The minimum atomic E-state index is -0.760. The first-order valence-electron chi connectivity index (χ1n) is 11.0. The van der Waals surface area contributed by atoms with Crippen LogP contribution in [0.5, 0.6) is 11.5 Å². The number of benzene rings is 4. The van der Waals surface area contributed by atoms with Crippen LogP contribution in [0, 0.1) is 0 Å². The van der Waals surface area contributed by atoms with Crippen molar-refractivity contribution < 1.29 is 14.6 Å². The summed E-state index contributed by atoms with van der Waals surface area (Å²) in [6, 6.07) is 31.6. The van der Waals surface area contributed by atoms with Crippen LogP contribution in [-0.4, -0.2) is 28.6 Å². The molecule has 4 aromatic rings. The molecule has 0 aromatic heterocycles. The van der Waals surface area contributed by atoms with E-state index < -0.39 is 12.0 Å². The summed E-state index contributed by atoms with van der Waals surface area (Å²) in [4.78, 5) is 14.2. The van der Waals surface area contributed by atoms with Gasteiger partial charge in [-0.1, -0.05) is 72.8 Å². The van der Waals surface area contributed by atoms with Crippen LogP contribution < -0.4 is 4.74 Å². The fraction of sp³-hybridized carbons (Fsp3) is 0.179. The average Bonchev–Trinajstić information content (AvgIpc) is 3.30. The topological polar surface area (TPSA) is 49.8 Å². The maximum absolute atomic E-state index is 12.1. The van der Waals surface area contributed by atoms with Crippen LogP contribution in [0.25, 0.3) is 10.8 Å². The summed E-state index contributed by atoms with van der Waals surface area (Å²) in [6.45, 7) is 0.745. The van der Waals surface area contributed by atoms with Crippen LogP contribution in [0.15, 0.2) is 97.1 Å². The summed E-state index contributed by atoms with van der Waals surface area (Å²) in [5, 5.41) is 12.2. The van der Waals surface area contributed by atoms with Crippen molar-refractivity contribution in [1.82, 2.24) is 4.90 Å². The van der Waals surface area contributed by atoms with Crippen molar-refractivity contribution in [2.24, 2.45) is 0 Å². The van der Waals surface area contributed by atoms with E-state index in [9.17, 15) is 9.90 Å². The van der Waals surface area contributed by atoms with Gasteiger partial charge in [0.05, 0.1) is 6.04 Å². The summed E-state index contributed by atoms with van der Waals surface area (Å²) in [6.07, 6.45) is 1.54. The van der Waals surface area contributed by atoms with E-state index in [4.69, 9.17) is 4.74 Å². The number of likely N-dealkylation sites (tertiary alicyclic amines) is 1. The van der Waals surface area contributed by atoms with Gasteiger partial charge >= 0.3 is 5.97 Å². The number of carbonyl (C=O) groups is 1. The number of rotatable bonds is 6. The molecule has 0 saturated carbocycles. The average molecular weight is 424 g/mol. The standard InChI is InChI=1S/C28H25NO3/c30-28(31)26-17-8-18-29(26)27(25-16-7-10-20-9-4-5-15-24(20)25)21-11-6-14-23(19-21)32-22-12-2-1-3-13-22/h1-7,9-16,19,26-27H,8,17-18H2,(H,30,31). The fourth-order valence-electron chi connectivity index (χ4n) is 4.77. The molecule has 1 aliphatic heterocycles. The Hall–Kier alpha value is -3.63. The Kier molecular flexibility index (Phi) is 5.61. The third-order valence-electron chi connectivity index (χ3n) is 6.18. The molecule has 0 spiro atoms. The molecule has 160 valence electrons. The van der Waals surface area contributed by atoms with Gasteiger partial charge in [-0.3, -0.25) is 9.69 Å². The summed E-state index contributed by atoms with van der Waals surface area (Å²) >= 11 is 0. The molecule has 1 N–H and O–H groups in total.